The van der Waals surface area contributed by atoms with E-state index in [4.69, 9.17) is 9.26 Å². The number of hydrogen-bond donors (Lipinski definition) is 0. The molecule has 1 aliphatic rings. The number of hydrogen-bond acceptors (Lipinski definition) is 5. The van der Waals surface area contributed by atoms with E-state index in [1.54, 1.807) is 29.2 Å². The van der Waals surface area contributed by atoms with Gasteiger partial charge in [0.25, 0.3) is 11.6 Å². The van der Waals surface area contributed by atoms with Crippen LogP contribution in [0.25, 0.3) is 33.6 Å². The fourth-order valence-electron chi connectivity index (χ4n) is 3.66. The molecule has 2 aromatic carbocycles. The normalized spacial score (nSPS) is 14.2. The number of nitrogens with zero attached hydrogens (tertiary/aromatic N) is 3. The maximum Gasteiger partial charge on any atom is 0.259 e. The van der Waals surface area contributed by atoms with Gasteiger partial charge in [-0.15, -0.1) is 0 Å². The van der Waals surface area contributed by atoms with Gasteiger partial charge in [-0.2, -0.15) is 0 Å². The second-order valence-electron chi connectivity index (χ2n) is 7.02. The van der Waals surface area contributed by atoms with E-state index >= 15 is 0 Å². The lowest BCUT2D eigenvalue weighted by Gasteiger charge is -2.27. The van der Waals surface area contributed by atoms with Crippen molar-refractivity contribution >= 4 is 17.0 Å². The molecule has 6 nitrogen and oxygen atoms in total. The number of halogens is 1. The molecule has 0 saturated carbocycles. The summed E-state index contributed by atoms with van der Waals surface area (Å²) in [6, 6.07) is 17.4. The minimum Gasteiger partial charge on any atom is -0.378 e. The fraction of sp³-hybridized carbons (Fsp3) is 0.174. The molecule has 5 rings (SSSR count). The number of aromatic nitrogens is 2. The third kappa shape index (κ3) is 3.23. The van der Waals surface area contributed by atoms with Crippen LogP contribution in [0.15, 0.2) is 65.2 Å². The molecule has 0 unspecified atom stereocenters. The Labute approximate surface area is 171 Å². The summed E-state index contributed by atoms with van der Waals surface area (Å²) in [7, 11) is 0. The first-order valence-corrected chi connectivity index (χ1v) is 9.70. The Morgan fingerprint density at radius 3 is 2.50 bits per heavy atom. The van der Waals surface area contributed by atoms with Crippen molar-refractivity contribution in [3.05, 3.63) is 72.0 Å². The van der Waals surface area contributed by atoms with Crippen LogP contribution in [0, 0.1) is 5.82 Å². The van der Waals surface area contributed by atoms with E-state index < -0.39 is 5.82 Å². The number of fused-ring (bicyclic) bond motifs is 1. The van der Waals surface area contributed by atoms with E-state index in [2.05, 4.69) is 10.1 Å². The maximum absolute atomic E-state index is 14.4. The summed E-state index contributed by atoms with van der Waals surface area (Å²) in [4.78, 5) is 19.6. The number of benzene rings is 2. The van der Waals surface area contributed by atoms with Gasteiger partial charge in [-0.3, -0.25) is 4.79 Å². The summed E-state index contributed by atoms with van der Waals surface area (Å²) in [6.45, 7) is 1.94. The van der Waals surface area contributed by atoms with E-state index in [1.165, 1.54) is 6.07 Å². The molecule has 0 radical (unpaired) electrons. The molecule has 2 aromatic heterocycles. The molecule has 1 saturated heterocycles. The largest absolute Gasteiger partial charge is 0.378 e. The highest BCUT2D eigenvalue weighted by Gasteiger charge is 2.26. The Kier molecular flexibility index (Phi) is 4.72. The molecule has 4 aromatic rings. The van der Waals surface area contributed by atoms with Gasteiger partial charge >= 0.3 is 0 Å². The lowest BCUT2D eigenvalue weighted by Crippen LogP contribution is -2.40. The SMILES string of the molecule is O=C(c1cc(-c2ccccc2F)nc2onc(-c3ccccc3)c12)N1CCOCC1. The van der Waals surface area contributed by atoms with Crippen LogP contribution >= 0.6 is 0 Å². The minimum atomic E-state index is -0.420. The van der Waals surface area contributed by atoms with E-state index in [1.807, 2.05) is 30.3 Å². The van der Waals surface area contributed by atoms with Crippen molar-refractivity contribution < 1.29 is 18.4 Å². The van der Waals surface area contributed by atoms with Crippen LogP contribution in [0.4, 0.5) is 4.39 Å². The molecule has 1 aliphatic heterocycles. The molecule has 0 atom stereocenters. The molecular weight excluding hydrogens is 385 g/mol. The lowest BCUT2D eigenvalue weighted by atomic mass is 10.0. The molecule has 0 spiro atoms. The highest BCUT2D eigenvalue weighted by molar-refractivity contribution is 6.10. The van der Waals surface area contributed by atoms with Crippen molar-refractivity contribution in [3.8, 4) is 22.5 Å². The Morgan fingerprint density at radius 2 is 1.73 bits per heavy atom. The summed E-state index contributed by atoms with van der Waals surface area (Å²) >= 11 is 0. The third-order valence-electron chi connectivity index (χ3n) is 5.17. The molecule has 7 heteroatoms. The van der Waals surface area contributed by atoms with Gasteiger partial charge in [0.2, 0.25) is 0 Å². The van der Waals surface area contributed by atoms with Gasteiger partial charge in [-0.25, -0.2) is 9.37 Å². The zero-order valence-corrected chi connectivity index (χ0v) is 16.0. The Hall–Kier alpha value is -3.58. The van der Waals surface area contributed by atoms with Crippen LogP contribution in [-0.2, 0) is 4.74 Å². The molecule has 3 heterocycles. The zero-order valence-electron chi connectivity index (χ0n) is 16.0. The Balaban J connectivity index is 1.73. The molecule has 0 bridgehead atoms. The molecule has 0 N–H and O–H groups in total. The third-order valence-corrected chi connectivity index (χ3v) is 5.17. The smallest absolute Gasteiger partial charge is 0.259 e. The van der Waals surface area contributed by atoms with Crippen molar-refractivity contribution in [2.24, 2.45) is 0 Å². The molecule has 1 amide bonds. The van der Waals surface area contributed by atoms with Crippen LogP contribution in [0.3, 0.4) is 0 Å². The topological polar surface area (TPSA) is 68.5 Å². The predicted molar refractivity (Wildman–Crippen MR) is 109 cm³/mol. The Morgan fingerprint density at radius 1 is 1.00 bits per heavy atom. The van der Waals surface area contributed by atoms with Crippen molar-refractivity contribution in [2.45, 2.75) is 0 Å². The fourth-order valence-corrected chi connectivity index (χ4v) is 3.66. The minimum absolute atomic E-state index is 0.177. The average Bonchev–Trinajstić information content (AvgIpc) is 3.23. The highest BCUT2D eigenvalue weighted by Crippen LogP contribution is 2.34. The number of morpholine rings is 1. The molecular formula is C23H18FN3O3. The van der Waals surface area contributed by atoms with Gasteiger partial charge < -0.3 is 14.2 Å². The van der Waals surface area contributed by atoms with Crippen molar-refractivity contribution in [1.82, 2.24) is 15.0 Å². The first-order valence-electron chi connectivity index (χ1n) is 9.70. The number of pyridine rings is 1. The van der Waals surface area contributed by atoms with Gasteiger partial charge in [0.05, 0.1) is 29.9 Å². The van der Waals surface area contributed by atoms with Crippen LogP contribution < -0.4 is 0 Å². The van der Waals surface area contributed by atoms with E-state index in [0.29, 0.717) is 54.2 Å². The molecule has 30 heavy (non-hydrogen) atoms. The first kappa shape index (κ1) is 18.4. The van der Waals surface area contributed by atoms with Gasteiger partial charge in [0, 0.05) is 24.2 Å². The van der Waals surface area contributed by atoms with Crippen molar-refractivity contribution in [2.75, 3.05) is 26.3 Å². The molecule has 0 aliphatic carbocycles. The van der Waals surface area contributed by atoms with Gasteiger partial charge in [-0.05, 0) is 18.2 Å². The summed E-state index contributed by atoms with van der Waals surface area (Å²) in [5.41, 5.74) is 2.56. The summed E-state index contributed by atoms with van der Waals surface area (Å²) in [6.07, 6.45) is 0. The Bertz CT molecular complexity index is 1220. The summed E-state index contributed by atoms with van der Waals surface area (Å²) < 4.78 is 25.3. The van der Waals surface area contributed by atoms with E-state index in [0.717, 1.165) is 5.56 Å². The molecule has 1 fully saturated rings. The van der Waals surface area contributed by atoms with Gasteiger partial charge in [-0.1, -0.05) is 47.6 Å². The quantitative estimate of drug-likeness (QED) is 0.514. The summed E-state index contributed by atoms with van der Waals surface area (Å²) in [5, 5.41) is 4.71. The second-order valence-corrected chi connectivity index (χ2v) is 7.02. The average molecular weight is 403 g/mol. The van der Waals surface area contributed by atoms with Crippen LogP contribution in [0.2, 0.25) is 0 Å². The predicted octanol–water partition coefficient (Wildman–Crippen LogP) is 4.17. The van der Waals surface area contributed by atoms with E-state index in [-0.39, 0.29) is 11.6 Å². The highest BCUT2D eigenvalue weighted by atomic mass is 19.1. The zero-order chi connectivity index (χ0) is 20.5. The lowest BCUT2D eigenvalue weighted by molar-refractivity contribution is 0.0304. The van der Waals surface area contributed by atoms with Gasteiger partial charge in [0.1, 0.15) is 11.5 Å². The number of rotatable bonds is 3. The summed E-state index contributed by atoms with van der Waals surface area (Å²) in [5.74, 6) is -0.597. The van der Waals surface area contributed by atoms with Crippen LogP contribution in [0.1, 0.15) is 10.4 Å². The number of ether oxygens (including phenoxy) is 1. The van der Waals surface area contributed by atoms with Crippen LogP contribution in [0.5, 0.6) is 0 Å². The monoisotopic (exact) mass is 403 g/mol. The van der Waals surface area contributed by atoms with E-state index in [9.17, 15) is 9.18 Å². The molecule has 150 valence electrons. The van der Waals surface area contributed by atoms with Crippen LogP contribution in [-0.4, -0.2) is 47.3 Å². The van der Waals surface area contributed by atoms with Crippen molar-refractivity contribution in [1.29, 1.82) is 0 Å². The number of carbonyl (C=O) groups is 1. The standard InChI is InChI=1S/C23H18FN3O3/c24-18-9-5-4-8-16(18)19-14-17(23(28)27-10-12-29-13-11-27)20-21(26-30-22(20)25-19)15-6-2-1-3-7-15/h1-9,14H,10-13H2. The van der Waals surface area contributed by atoms with Gasteiger partial charge in [0.15, 0.2) is 0 Å². The number of carbonyl (C=O) groups excluding carboxylic acids is 1. The van der Waals surface area contributed by atoms with Crippen molar-refractivity contribution in [3.63, 3.8) is 0 Å². The maximum atomic E-state index is 14.4. The second kappa shape index (κ2) is 7.68. The number of amides is 1. The first-order chi connectivity index (χ1) is 14.7.